The molecule has 6 aromatic carbocycles. The van der Waals surface area contributed by atoms with Crippen molar-refractivity contribution in [3.8, 4) is 28.4 Å². The van der Waals surface area contributed by atoms with E-state index in [2.05, 4.69) is 77.7 Å². The minimum Gasteiger partial charge on any atom is -0.482 e. The number of halogens is 1. The van der Waals surface area contributed by atoms with E-state index in [-0.39, 0.29) is 18.6 Å². The first-order valence-electron chi connectivity index (χ1n) is 16.0. The zero-order valence-electron chi connectivity index (χ0n) is 25.8. The van der Waals surface area contributed by atoms with Gasteiger partial charge in [0.2, 0.25) is 0 Å². The van der Waals surface area contributed by atoms with Crippen LogP contribution in [0.15, 0.2) is 140 Å². The van der Waals surface area contributed by atoms with Gasteiger partial charge < -0.3 is 14.4 Å². The zero-order chi connectivity index (χ0) is 31.7. The highest BCUT2D eigenvalue weighted by Crippen LogP contribution is 2.45. The third-order valence-corrected chi connectivity index (χ3v) is 9.43. The van der Waals surface area contributed by atoms with Gasteiger partial charge in [0.05, 0.1) is 16.8 Å². The van der Waals surface area contributed by atoms with Gasteiger partial charge in [0, 0.05) is 31.1 Å². The zero-order valence-corrected chi connectivity index (χ0v) is 26.5. The van der Waals surface area contributed by atoms with Gasteiger partial charge in [0.15, 0.2) is 6.61 Å². The summed E-state index contributed by atoms with van der Waals surface area (Å²) in [5.41, 5.74) is 5.04. The SMILES string of the molecule is O=C1COc2cc(-c3cc(Oc4ccccc4)cc4ccccc34)c(Cl)cc2N1CC1CN(C(c2ccccc2)c2ccccc2)C1. The quantitative estimate of drug-likeness (QED) is 0.167. The van der Waals surface area contributed by atoms with Crippen molar-refractivity contribution in [3.63, 3.8) is 0 Å². The molecule has 1 fully saturated rings. The first kappa shape index (κ1) is 29.3. The van der Waals surface area contributed by atoms with Crippen LogP contribution in [-0.2, 0) is 4.79 Å². The highest BCUT2D eigenvalue weighted by atomic mass is 35.5. The molecule has 2 aliphatic rings. The number of ether oxygens (including phenoxy) is 2. The maximum atomic E-state index is 13.3. The maximum absolute atomic E-state index is 13.3. The summed E-state index contributed by atoms with van der Waals surface area (Å²) < 4.78 is 12.3. The number of fused-ring (bicyclic) bond motifs is 2. The number of hydrogen-bond acceptors (Lipinski definition) is 4. The van der Waals surface area contributed by atoms with Crippen LogP contribution in [0.1, 0.15) is 17.2 Å². The van der Waals surface area contributed by atoms with E-state index in [1.165, 1.54) is 11.1 Å². The van der Waals surface area contributed by atoms with Crippen LogP contribution in [0.5, 0.6) is 17.2 Å². The number of amides is 1. The molecule has 0 radical (unpaired) electrons. The van der Waals surface area contributed by atoms with Gasteiger partial charge >= 0.3 is 0 Å². The second kappa shape index (κ2) is 12.6. The number of para-hydroxylation sites is 1. The van der Waals surface area contributed by atoms with Crippen molar-refractivity contribution in [2.45, 2.75) is 6.04 Å². The van der Waals surface area contributed by atoms with Crippen LogP contribution >= 0.6 is 11.6 Å². The fourth-order valence-electron chi connectivity index (χ4n) is 6.90. The number of nitrogens with zero attached hydrogens (tertiary/aromatic N) is 2. The maximum Gasteiger partial charge on any atom is 0.265 e. The Morgan fingerprint density at radius 2 is 1.36 bits per heavy atom. The lowest BCUT2D eigenvalue weighted by molar-refractivity contribution is -0.121. The summed E-state index contributed by atoms with van der Waals surface area (Å²) in [6.07, 6.45) is 0. The molecule has 0 saturated carbocycles. The van der Waals surface area contributed by atoms with Crippen LogP contribution in [0, 0.1) is 5.92 Å². The summed E-state index contributed by atoms with van der Waals surface area (Å²) in [4.78, 5) is 17.6. The predicted molar refractivity (Wildman–Crippen MR) is 189 cm³/mol. The number of carbonyl (C=O) groups is 1. The van der Waals surface area contributed by atoms with E-state index in [0.29, 0.717) is 23.2 Å². The molecule has 2 heterocycles. The largest absolute Gasteiger partial charge is 0.482 e. The van der Waals surface area contributed by atoms with E-state index in [1.54, 1.807) is 0 Å². The molecule has 6 aromatic rings. The lowest BCUT2D eigenvalue weighted by atomic mass is 9.89. The Labute approximate surface area is 279 Å². The first-order chi connectivity index (χ1) is 23.1. The minimum absolute atomic E-state index is 0.000925. The molecule has 0 aliphatic carbocycles. The molecule has 0 bridgehead atoms. The number of likely N-dealkylation sites (tertiary alicyclic amines) is 1. The monoisotopic (exact) mass is 636 g/mol. The van der Waals surface area contributed by atoms with Gasteiger partial charge in [0.1, 0.15) is 17.2 Å². The van der Waals surface area contributed by atoms with E-state index in [9.17, 15) is 4.79 Å². The highest BCUT2D eigenvalue weighted by molar-refractivity contribution is 6.34. The summed E-state index contributed by atoms with van der Waals surface area (Å²) in [6, 6.07) is 47.3. The van der Waals surface area contributed by atoms with Crippen molar-refractivity contribution in [2.75, 3.05) is 31.1 Å². The molecule has 0 aromatic heterocycles. The van der Waals surface area contributed by atoms with Gasteiger partial charge in [-0.1, -0.05) is 115 Å². The molecule has 0 atom stereocenters. The van der Waals surface area contributed by atoms with Crippen LogP contribution in [0.3, 0.4) is 0 Å². The average molecular weight is 637 g/mol. The van der Waals surface area contributed by atoms with Gasteiger partial charge in [-0.3, -0.25) is 9.69 Å². The van der Waals surface area contributed by atoms with Gasteiger partial charge in [0.25, 0.3) is 5.91 Å². The molecule has 5 nitrogen and oxygen atoms in total. The number of benzene rings is 6. The normalized spacial score (nSPS) is 14.9. The Bertz CT molecular complexity index is 2010. The number of carbonyl (C=O) groups excluding carboxylic acids is 1. The first-order valence-corrected chi connectivity index (χ1v) is 16.4. The fourth-order valence-corrected chi connectivity index (χ4v) is 7.16. The Balaban J connectivity index is 1.07. The second-order valence-corrected chi connectivity index (χ2v) is 12.7. The summed E-state index contributed by atoms with van der Waals surface area (Å²) >= 11 is 7.06. The molecule has 2 aliphatic heterocycles. The number of anilines is 1. The van der Waals surface area contributed by atoms with E-state index >= 15 is 0 Å². The lowest BCUT2D eigenvalue weighted by Gasteiger charge is -2.46. The summed E-state index contributed by atoms with van der Waals surface area (Å²) in [6.45, 7) is 2.39. The Morgan fingerprint density at radius 1 is 0.723 bits per heavy atom. The van der Waals surface area contributed by atoms with Gasteiger partial charge in [-0.05, 0) is 63.9 Å². The topological polar surface area (TPSA) is 42.0 Å². The van der Waals surface area contributed by atoms with Crippen LogP contribution in [0.25, 0.3) is 21.9 Å². The molecule has 8 rings (SSSR count). The smallest absolute Gasteiger partial charge is 0.265 e. The van der Waals surface area contributed by atoms with E-state index in [0.717, 1.165) is 52.2 Å². The molecule has 6 heteroatoms. The van der Waals surface area contributed by atoms with Crippen LogP contribution in [-0.4, -0.2) is 37.0 Å². The standard InChI is InChI=1S/C41H33ClN2O3/c42-37-23-38-39(22-36(37)35-21-33(47-32-17-8-3-9-18-32)20-31-16-10-11-19-34(31)35)46-27-40(45)44(38)26-28-24-43(25-28)41(29-12-4-1-5-13-29)30-14-6-2-7-15-30/h1-23,28,41H,24-27H2. The minimum atomic E-state index is -0.0499. The third kappa shape index (κ3) is 5.85. The van der Waals surface area contributed by atoms with E-state index < -0.39 is 0 Å². The molecule has 1 amide bonds. The van der Waals surface area contributed by atoms with E-state index in [4.69, 9.17) is 21.1 Å². The van der Waals surface area contributed by atoms with Gasteiger partial charge in [-0.25, -0.2) is 0 Å². The van der Waals surface area contributed by atoms with Crippen molar-refractivity contribution in [1.82, 2.24) is 4.90 Å². The molecule has 1 saturated heterocycles. The summed E-state index contributed by atoms with van der Waals surface area (Å²) in [5, 5.41) is 2.65. The average Bonchev–Trinajstić information content (AvgIpc) is 3.09. The van der Waals surface area contributed by atoms with Gasteiger partial charge in [-0.15, -0.1) is 0 Å². The number of rotatable bonds is 8. The summed E-state index contributed by atoms with van der Waals surface area (Å²) in [5.74, 6) is 2.41. The fraction of sp³-hybridized carbons (Fsp3) is 0.146. The lowest BCUT2D eigenvalue weighted by Crippen LogP contribution is -2.54. The summed E-state index contributed by atoms with van der Waals surface area (Å²) in [7, 11) is 0. The van der Waals surface area contributed by atoms with Crippen LogP contribution in [0.4, 0.5) is 5.69 Å². The van der Waals surface area contributed by atoms with E-state index in [1.807, 2.05) is 71.6 Å². The van der Waals surface area contributed by atoms with Crippen molar-refractivity contribution >= 4 is 34.0 Å². The molecule has 232 valence electrons. The molecule has 0 unspecified atom stereocenters. The molecule has 47 heavy (non-hydrogen) atoms. The number of hydrogen-bond donors (Lipinski definition) is 0. The second-order valence-electron chi connectivity index (χ2n) is 12.2. The Kier molecular flexibility index (Phi) is 7.86. The predicted octanol–water partition coefficient (Wildman–Crippen LogP) is 9.40. The van der Waals surface area contributed by atoms with Gasteiger partial charge in [-0.2, -0.15) is 0 Å². The molecular formula is C41H33ClN2O3. The van der Waals surface area contributed by atoms with Crippen LogP contribution in [0.2, 0.25) is 5.02 Å². The van der Waals surface area contributed by atoms with Crippen molar-refractivity contribution in [1.29, 1.82) is 0 Å². The van der Waals surface area contributed by atoms with Crippen molar-refractivity contribution in [3.05, 3.63) is 156 Å². The molecule has 0 N–H and O–H groups in total. The third-order valence-electron chi connectivity index (χ3n) is 9.12. The Hall–Kier alpha value is -5.10. The molecular weight excluding hydrogens is 604 g/mol. The molecule has 0 spiro atoms. The van der Waals surface area contributed by atoms with Crippen LogP contribution < -0.4 is 14.4 Å². The van der Waals surface area contributed by atoms with Crippen molar-refractivity contribution in [2.24, 2.45) is 5.92 Å². The van der Waals surface area contributed by atoms with Crippen molar-refractivity contribution < 1.29 is 14.3 Å². The Morgan fingerprint density at radius 3 is 2.06 bits per heavy atom. The highest BCUT2D eigenvalue weighted by Gasteiger charge is 2.37.